The summed E-state index contributed by atoms with van der Waals surface area (Å²) < 4.78 is 23.6. The monoisotopic (exact) mass is 392 g/mol. The van der Waals surface area contributed by atoms with E-state index in [9.17, 15) is 14.7 Å². The summed E-state index contributed by atoms with van der Waals surface area (Å²) in [6, 6.07) is 9.62. The van der Waals surface area contributed by atoms with Crippen molar-refractivity contribution in [1.82, 2.24) is 0 Å². The minimum absolute atomic E-state index is 0.175. The van der Waals surface area contributed by atoms with Crippen LogP contribution in [0.25, 0.3) is 0 Å². The first-order valence-electron chi connectivity index (χ1n) is 9.06. The Morgan fingerprint density at radius 2 is 1.89 bits per heavy atom. The van der Waals surface area contributed by atoms with Crippen molar-refractivity contribution >= 4 is 11.9 Å². The molecule has 0 bridgehead atoms. The standard InChI is InChI=1S/C20H24O8/c1-20(2)27-17-16(25-11-12-6-4-3-5-7-12)14(26-19(17)28-20)9-8-13(18(23)24)10-15(21)22/h3-8,14,16-17,19H,9-11H2,1-2H3,(H,21,22)(H,23,24)/b13-8+/t14-,16+,17-,19-/m1/s1. The first kappa shape index (κ1) is 20.5. The zero-order valence-corrected chi connectivity index (χ0v) is 15.7. The normalized spacial score (nSPS) is 28.9. The summed E-state index contributed by atoms with van der Waals surface area (Å²) in [6.45, 7) is 3.91. The van der Waals surface area contributed by atoms with E-state index in [1.807, 2.05) is 30.3 Å². The van der Waals surface area contributed by atoms with Crippen LogP contribution in [0.5, 0.6) is 0 Å². The molecule has 3 rings (SSSR count). The number of hydrogen-bond acceptors (Lipinski definition) is 6. The van der Waals surface area contributed by atoms with Crippen LogP contribution in [0.3, 0.4) is 0 Å². The van der Waals surface area contributed by atoms with Gasteiger partial charge in [0.05, 0.1) is 19.1 Å². The van der Waals surface area contributed by atoms with Gasteiger partial charge in [0.15, 0.2) is 12.1 Å². The summed E-state index contributed by atoms with van der Waals surface area (Å²) in [4.78, 5) is 22.1. The fourth-order valence-corrected chi connectivity index (χ4v) is 3.36. The molecule has 0 aliphatic carbocycles. The largest absolute Gasteiger partial charge is 0.481 e. The van der Waals surface area contributed by atoms with Gasteiger partial charge in [-0.2, -0.15) is 0 Å². The molecule has 2 heterocycles. The summed E-state index contributed by atoms with van der Waals surface area (Å²) in [7, 11) is 0. The molecule has 0 spiro atoms. The number of carbonyl (C=O) groups is 2. The molecule has 2 saturated heterocycles. The van der Waals surface area contributed by atoms with E-state index in [-0.39, 0.29) is 12.0 Å². The average molecular weight is 392 g/mol. The summed E-state index contributed by atoms with van der Waals surface area (Å²) in [5, 5.41) is 18.1. The van der Waals surface area contributed by atoms with E-state index < -0.39 is 48.7 Å². The first-order chi connectivity index (χ1) is 13.2. The van der Waals surface area contributed by atoms with Crippen molar-refractivity contribution in [3.8, 4) is 0 Å². The molecule has 8 nitrogen and oxygen atoms in total. The van der Waals surface area contributed by atoms with Crippen LogP contribution in [0.15, 0.2) is 42.0 Å². The summed E-state index contributed by atoms with van der Waals surface area (Å²) in [6.07, 6.45) is -1.10. The Bertz CT molecular complexity index is 742. The summed E-state index contributed by atoms with van der Waals surface area (Å²) in [5.74, 6) is -3.28. The predicted octanol–water partition coefficient (Wildman–Crippen LogP) is 2.32. The number of benzene rings is 1. The van der Waals surface area contributed by atoms with Gasteiger partial charge in [0, 0.05) is 5.57 Å². The van der Waals surface area contributed by atoms with Crippen LogP contribution >= 0.6 is 0 Å². The lowest BCUT2D eigenvalue weighted by Gasteiger charge is -2.25. The van der Waals surface area contributed by atoms with Gasteiger partial charge in [0.25, 0.3) is 0 Å². The summed E-state index contributed by atoms with van der Waals surface area (Å²) >= 11 is 0. The lowest BCUT2D eigenvalue weighted by atomic mass is 10.0. The highest BCUT2D eigenvalue weighted by molar-refractivity contribution is 5.92. The maximum absolute atomic E-state index is 11.3. The Morgan fingerprint density at radius 3 is 2.54 bits per heavy atom. The van der Waals surface area contributed by atoms with E-state index in [0.29, 0.717) is 6.61 Å². The smallest absolute Gasteiger partial charge is 0.331 e. The predicted molar refractivity (Wildman–Crippen MR) is 96.3 cm³/mol. The second-order valence-corrected chi connectivity index (χ2v) is 7.25. The Labute approximate surface area is 162 Å². The van der Waals surface area contributed by atoms with Gasteiger partial charge in [-0.15, -0.1) is 0 Å². The number of rotatable bonds is 8. The van der Waals surface area contributed by atoms with E-state index in [1.54, 1.807) is 13.8 Å². The van der Waals surface area contributed by atoms with Gasteiger partial charge in [-0.3, -0.25) is 4.79 Å². The van der Waals surface area contributed by atoms with Crippen molar-refractivity contribution in [3.63, 3.8) is 0 Å². The lowest BCUT2D eigenvalue weighted by molar-refractivity contribution is -0.218. The van der Waals surface area contributed by atoms with Crippen LogP contribution in [0.2, 0.25) is 0 Å². The van der Waals surface area contributed by atoms with E-state index in [0.717, 1.165) is 5.56 Å². The number of fused-ring (bicyclic) bond motifs is 1. The molecule has 0 saturated carbocycles. The molecule has 0 radical (unpaired) electrons. The van der Waals surface area contributed by atoms with Crippen LogP contribution in [0.1, 0.15) is 32.3 Å². The highest BCUT2D eigenvalue weighted by Crippen LogP contribution is 2.40. The maximum Gasteiger partial charge on any atom is 0.331 e. The van der Waals surface area contributed by atoms with Gasteiger partial charge in [0.1, 0.15) is 12.2 Å². The Balaban J connectivity index is 1.72. The molecule has 0 unspecified atom stereocenters. The van der Waals surface area contributed by atoms with Crippen LogP contribution in [-0.2, 0) is 35.1 Å². The number of hydrogen-bond donors (Lipinski definition) is 2. The fraction of sp³-hybridized carbons (Fsp3) is 0.500. The third kappa shape index (κ3) is 4.96. The molecule has 4 atom stereocenters. The minimum Gasteiger partial charge on any atom is -0.481 e. The number of aliphatic carboxylic acids is 2. The van der Waals surface area contributed by atoms with Crippen LogP contribution in [-0.4, -0.2) is 52.5 Å². The molecule has 0 amide bonds. The van der Waals surface area contributed by atoms with Crippen LogP contribution in [0.4, 0.5) is 0 Å². The van der Waals surface area contributed by atoms with Crippen molar-refractivity contribution in [2.24, 2.45) is 0 Å². The Kier molecular flexibility index (Phi) is 6.14. The molecule has 2 aliphatic rings. The van der Waals surface area contributed by atoms with Gasteiger partial charge < -0.3 is 29.2 Å². The van der Waals surface area contributed by atoms with Crippen molar-refractivity contribution in [2.45, 2.75) is 63.7 Å². The molecule has 152 valence electrons. The fourth-order valence-electron chi connectivity index (χ4n) is 3.36. The van der Waals surface area contributed by atoms with E-state index >= 15 is 0 Å². The number of carboxylic acid groups (broad SMARTS) is 2. The van der Waals surface area contributed by atoms with Gasteiger partial charge in [-0.05, 0) is 25.8 Å². The van der Waals surface area contributed by atoms with Crippen molar-refractivity contribution in [1.29, 1.82) is 0 Å². The molecule has 8 heteroatoms. The van der Waals surface area contributed by atoms with Crippen molar-refractivity contribution < 1.29 is 38.7 Å². The highest BCUT2D eigenvalue weighted by Gasteiger charge is 2.55. The second kappa shape index (κ2) is 8.40. The highest BCUT2D eigenvalue weighted by atomic mass is 16.8. The van der Waals surface area contributed by atoms with Gasteiger partial charge >= 0.3 is 11.9 Å². The van der Waals surface area contributed by atoms with E-state index in [4.69, 9.17) is 24.1 Å². The third-order valence-electron chi connectivity index (χ3n) is 4.59. The molecular formula is C20H24O8. The van der Waals surface area contributed by atoms with E-state index in [1.165, 1.54) is 6.08 Å². The Morgan fingerprint density at radius 1 is 1.18 bits per heavy atom. The van der Waals surface area contributed by atoms with Gasteiger partial charge in [-0.1, -0.05) is 36.4 Å². The minimum atomic E-state index is -1.27. The zero-order valence-electron chi connectivity index (χ0n) is 15.7. The van der Waals surface area contributed by atoms with Gasteiger partial charge in [0.2, 0.25) is 0 Å². The first-order valence-corrected chi connectivity index (χ1v) is 9.06. The SMILES string of the molecule is CC1(C)O[C@H]2O[C@H](C/C=C(\CC(=O)O)C(=O)O)[C@H](OCc3ccccc3)[C@H]2O1. The van der Waals surface area contributed by atoms with Crippen LogP contribution < -0.4 is 0 Å². The molecule has 2 fully saturated rings. The molecule has 1 aromatic carbocycles. The third-order valence-corrected chi connectivity index (χ3v) is 4.59. The quantitative estimate of drug-likeness (QED) is 0.649. The molecule has 0 aromatic heterocycles. The summed E-state index contributed by atoms with van der Waals surface area (Å²) in [5.41, 5.74) is 0.785. The Hall–Kier alpha value is -2.26. The van der Waals surface area contributed by atoms with Crippen molar-refractivity contribution in [3.05, 3.63) is 47.5 Å². The van der Waals surface area contributed by atoms with Crippen molar-refractivity contribution in [2.75, 3.05) is 0 Å². The van der Waals surface area contributed by atoms with Gasteiger partial charge in [-0.25, -0.2) is 4.79 Å². The molecule has 1 aromatic rings. The van der Waals surface area contributed by atoms with Crippen LogP contribution in [0, 0.1) is 0 Å². The maximum atomic E-state index is 11.3. The number of ether oxygens (including phenoxy) is 4. The molecular weight excluding hydrogens is 368 g/mol. The average Bonchev–Trinajstić information content (AvgIpc) is 3.08. The molecule has 2 N–H and O–H groups in total. The topological polar surface area (TPSA) is 112 Å². The second-order valence-electron chi connectivity index (χ2n) is 7.25. The van der Waals surface area contributed by atoms with E-state index in [2.05, 4.69) is 0 Å². The lowest BCUT2D eigenvalue weighted by Crippen LogP contribution is -2.36. The molecule has 28 heavy (non-hydrogen) atoms. The zero-order chi connectivity index (χ0) is 20.3. The number of carboxylic acids is 2. The molecule has 2 aliphatic heterocycles.